The lowest BCUT2D eigenvalue weighted by Crippen LogP contribution is -2.47. The molecule has 36 heavy (non-hydrogen) atoms. The van der Waals surface area contributed by atoms with Crippen LogP contribution in [0, 0.1) is 17.7 Å². The first-order valence-electron chi connectivity index (χ1n) is 12.5. The lowest BCUT2D eigenvalue weighted by atomic mass is 9.94. The summed E-state index contributed by atoms with van der Waals surface area (Å²) in [7, 11) is 0. The molecule has 1 aromatic carbocycles. The van der Waals surface area contributed by atoms with Crippen molar-refractivity contribution in [3.05, 3.63) is 47.4 Å². The minimum Gasteiger partial charge on any atom is -0.447 e. The predicted molar refractivity (Wildman–Crippen MR) is 129 cm³/mol. The average Bonchev–Trinajstić information content (AvgIpc) is 3.63. The van der Waals surface area contributed by atoms with E-state index in [1.165, 1.54) is 6.07 Å². The number of ether oxygens (including phenoxy) is 1. The number of likely N-dealkylation sites (tertiary alicyclic amines) is 1. The standard InChI is InChI=1S/C26H32F3N5O2/c1-16-9-11-33(14-26(16,28)29)13-19-5-4-18(12-21(19)27)17(2)31-23-30-10-8-22(32-23)34-24(35)36-15-25(34,3)20-6-7-20/h4-5,8,10,12,16-17,20H,6-7,9,11,13-15H2,1-3H3,(H,30,31,32)/t16?,17-,25+/m0/s1. The van der Waals surface area contributed by atoms with Crippen LogP contribution in [0.15, 0.2) is 30.5 Å². The van der Waals surface area contributed by atoms with Crippen molar-refractivity contribution in [1.82, 2.24) is 14.9 Å². The van der Waals surface area contributed by atoms with Crippen molar-refractivity contribution >= 4 is 17.9 Å². The molecular weight excluding hydrogens is 471 g/mol. The van der Waals surface area contributed by atoms with Gasteiger partial charge in [0.1, 0.15) is 18.2 Å². The minimum atomic E-state index is -2.76. The van der Waals surface area contributed by atoms with Gasteiger partial charge in [-0.2, -0.15) is 4.98 Å². The van der Waals surface area contributed by atoms with Gasteiger partial charge in [-0.05, 0) is 63.3 Å². The summed E-state index contributed by atoms with van der Waals surface area (Å²) in [4.78, 5) is 24.5. The number of halogens is 3. The third-order valence-electron chi connectivity index (χ3n) is 7.86. The van der Waals surface area contributed by atoms with E-state index >= 15 is 0 Å². The molecule has 3 fully saturated rings. The lowest BCUT2D eigenvalue weighted by Gasteiger charge is -2.36. The van der Waals surface area contributed by atoms with Crippen molar-refractivity contribution in [2.45, 2.75) is 64.1 Å². The third kappa shape index (κ3) is 4.75. The fourth-order valence-corrected chi connectivity index (χ4v) is 5.18. The number of aromatic nitrogens is 2. The highest BCUT2D eigenvalue weighted by molar-refractivity contribution is 5.90. The first-order valence-corrected chi connectivity index (χ1v) is 12.5. The molecule has 1 aromatic heterocycles. The Balaban J connectivity index is 1.27. The second kappa shape index (κ2) is 9.21. The summed E-state index contributed by atoms with van der Waals surface area (Å²) in [5.74, 6) is -2.69. The fraction of sp³-hybridized carbons (Fsp3) is 0.577. The molecule has 10 heteroatoms. The number of hydrogen-bond acceptors (Lipinski definition) is 6. The van der Waals surface area contributed by atoms with E-state index in [-0.39, 0.29) is 19.1 Å². The second-order valence-electron chi connectivity index (χ2n) is 10.6. The van der Waals surface area contributed by atoms with Crippen molar-refractivity contribution in [3.63, 3.8) is 0 Å². The Hall–Kier alpha value is -2.88. The van der Waals surface area contributed by atoms with E-state index in [4.69, 9.17) is 4.74 Å². The van der Waals surface area contributed by atoms with Crippen molar-refractivity contribution in [1.29, 1.82) is 0 Å². The van der Waals surface area contributed by atoms with Gasteiger partial charge in [0.25, 0.3) is 5.92 Å². The van der Waals surface area contributed by atoms with E-state index in [0.717, 1.165) is 12.8 Å². The summed E-state index contributed by atoms with van der Waals surface area (Å²) in [6, 6.07) is 6.21. The van der Waals surface area contributed by atoms with Crippen molar-refractivity contribution in [2.75, 3.05) is 29.9 Å². The largest absolute Gasteiger partial charge is 0.447 e. The maximum Gasteiger partial charge on any atom is 0.416 e. The zero-order chi connectivity index (χ0) is 25.7. The topological polar surface area (TPSA) is 70.6 Å². The van der Waals surface area contributed by atoms with Gasteiger partial charge in [0.15, 0.2) is 0 Å². The molecule has 0 bridgehead atoms. The van der Waals surface area contributed by atoms with Gasteiger partial charge in [-0.3, -0.25) is 9.80 Å². The molecule has 2 aliphatic heterocycles. The number of carbonyl (C=O) groups excluding carboxylic acids is 1. The molecule has 3 aliphatic rings. The molecule has 1 amide bonds. The molecule has 3 atom stereocenters. The van der Waals surface area contributed by atoms with Crippen LogP contribution in [0.3, 0.4) is 0 Å². The number of anilines is 2. The van der Waals surface area contributed by atoms with Gasteiger partial charge >= 0.3 is 6.09 Å². The number of amides is 1. The molecule has 3 heterocycles. The van der Waals surface area contributed by atoms with Gasteiger partial charge in [0.2, 0.25) is 5.95 Å². The Morgan fingerprint density at radius 3 is 2.72 bits per heavy atom. The number of hydrogen-bond donors (Lipinski definition) is 1. The SMILES string of the molecule is CC1CCN(Cc2ccc([C@H](C)Nc3nccc(N4C(=O)OC[C@]4(C)C4CC4)n3)cc2F)CC1(F)F. The summed E-state index contributed by atoms with van der Waals surface area (Å²) in [6.07, 6.45) is 3.66. The Bertz CT molecular complexity index is 1140. The van der Waals surface area contributed by atoms with E-state index in [2.05, 4.69) is 15.3 Å². The Kier molecular flexibility index (Phi) is 6.34. The zero-order valence-corrected chi connectivity index (χ0v) is 20.8. The quantitative estimate of drug-likeness (QED) is 0.546. The monoisotopic (exact) mass is 503 g/mol. The van der Waals surface area contributed by atoms with Crippen LogP contribution in [0.5, 0.6) is 0 Å². The molecule has 1 unspecified atom stereocenters. The number of carbonyl (C=O) groups is 1. The zero-order valence-electron chi connectivity index (χ0n) is 20.8. The van der Waals surface area contributed by atoms with Crippen LogP contribution in [-0.2, 0) is 11.3 Å². The summed E-state index contributed by atoms with van der Waals surface area (Å²) < 4.78 is 48.4. The van der Waals surface area contributed by atoms with Crippen LogP contribution in [-0.4, -0.2) is 52.1 Å². The molecular formula is C26H32F3N5O2. The maximum absolute atomic E-state index is 14.9. The van der Waals surface area contributed by atoms with Gasteiger partial charge in [0.05, 0.1) is 18.1 Å². The van der Waals surface area contributed by atoms with Crippen molar-refractivity contribution in [3.8, 4) is 0 Å². The highest BCUT2D eigenvalue weighted by atomic mass is 19.3. The number of benzene rings is 1. The fourth-order valence-electron chi connectivity index (χ4n) is 5.18. The van der Waals surface area contributed by atoms with E-state index < -0.39 is 29.3 Å². The Morgan fingerprint density at radius 2 is 2.03 bits per heavy atom. The third-order valence-corrected chi connectivity index (χ3v) is 7.86. The number of piperidine rings is 1. The first-order chi connectivity index (χ1) is 17.1. The number of nitrogens with zero attached hydrogens (tertiary/aromatic N) is 4. The lowest BCUT2D eigenvalue weighted by molar-refractivity contribution is -0.106. The number of rotatable bonds is 7. The van der Waals surface area contributed by atoms with Crippen molar-refractivity contribution in [2.24, 2.45) is 11.8 Å². The van der Waals surface area contributed by atoms with Gasteiger partial charge in [0, 0.05) is 24.2 Å². The molecule has 2 saturated heterocycles. The molecule has 1 N–H and O–H groups in total. The molecule has 194 valence electrons. The highest BCUT2D eigenvalue weighted by Crippen LogP contribution is 2.47. The predicted octanol–water partition coefficient (Wildman–Crippen LogP) is 5.39. The number of nitrogens with one attached hydrogen (secondary N) is 1. The summed E-state index contributed by atoms with van der Waals surface area (Å²) in [6.45, 7) is 6.08. The van der Waals surface area contributed by atoms with Crippen LogP contribution in [0.2, 0.25) is 0 Å². The molecule has 7 nitrogen and oxygen atoms in total. The molecule has 0 spiro atoms. The second-order valence-corrected chi connectivity index (χ2v) is 10.6. The highest BCUT2D eigenvalue weighted by Gasteiger charge is 2.54. The van der Waals surface area contributed by atoms with Gasteiger partial charge in [-0.15, -0.1) is 0 Å². The average molecular weight is 504 g/mol. The van der Waals surface area contributed by atoms with Crippen LogP contribution in [0.4, 0.5) is 29.7 Å². The molecule has 0 radical (unpaired) electrons. The van der Waals surface area contributed by atoms with Gasteiger partial charge < -0.3 is 10.1 Å². The number of cyclic esters (lactones) is 1. The van der Waals surface area contributed by atoms with Crippen LogP contribution < -0.4 is 10.2 Å². The van der Waals surface area contributed by atoms with E-state index in [9.17, 15) is 18.0 Å². The molecule has 1 saturated carbocycles. The van der Waals surface area contributed by atoms with Gasteiger partial charge in [-0.25, -0.2) is 22.9 Å². The Labute approximate surface area is 209 Å². The van der Waals surface area contributed by atoms with E-state index in [0.29, 0.717) is 48.4 Å². The van der Waals surface area contributed by atoms with Crippen LogP contribution in [0.1, 0.15) is 57.2 Å². The van der Waals surface area contributed by atoms with E-state index in [1.807, 2.05) is 13.8 Å². The molecule has 1 aliphatic carbocycles. The van der Waals surface area contributed by atoms with Gasteiger partial charge in [-0.1, -0.05) is 19.1 Å². The first kappa shape index (κ1) is 24.8. The Morgan fingerprint density at radius 1 is 1.25 bits per heavy atom. The maximum atomic E-state index is 14.9. The molecule has 5 rings (SSSR count). The summed E-state index contributed by atoms with van der Waals surface area (Å²) in [5, 5.41) is 3.18. The summed E-state index contributed by atoms with van der Waals surface area (Å²) >= 11 is 0. The normalized spacial score (nSPS) is 27.1. The van der Waals surface area contributed by atoms with Crippen LogP contribution in [0.25, 0.3) is 0 Å². The minimum absolute atomic E-state index is 0.146. The molecule has 2 aromatic rings. The summed E-state index contributed by atoms with van der Waals surface area (Å²) in [5.41, 5.74) is 0.636. The van der Waals surface area contributed by atoms with E-state index in [1.54, 1.807) is 41.1 Å². The smallest absolute Gasteiger partial charge is 0.416 e. The van der Waals surface area contributed by atoms with Crippen molar-refractivity contribution < 1.29 is 22.7 Å². The number of alkyl halides is 2. The van der Waals surface area contributed by atoms with Crippen LogP contribution >= 0.6 is 0 Å².